The van der Waals surface area contributed by atoms with Gasteiger partial charge < -0.3 is 19.7 Å². The summed E-state index contributed by atoms with van der Waals surface area (Å²) in [5.74, 6) is 0.623. The molecule has 0 radical (unpaired) electrons. The number of fused-ring (bicyclic) bond motifs is 1. The summed E-state index contributed by atoms with van der Waals surface area (Å²) in [4.78, 5) is 13.5. The molecule has 1 fully saturated rings. The fourth-order valence-corrected chi connectivity index (χ4v) is 4.97. The lowest BCUT2D eigenvalue weighted by Crippen LogP contribution is -3.15. The van der Waals surface area contributed by atoms with Crippen molar-refractivity contribution in [3.05, 3.63) is 48.3 Å². The second-order valence-electron chi connectivity index (χ2n) is 7.19. The van der Waals surface area contributed by atoms with Crippen molar-refractivity contribution in [1.29, 1.82) is 0 Å². The number of hydrogen-bond donors (Lipinski definition) is 2. The zero-order valence-electron chi connectivity index (χ0n) is 16.3. The van der Waals surface area contributed by atoms with E-state index in [4.69, 9.17) is 9.47 Å². The van der Waals surface area contributed by atoms with Crippen molar-refractivity contribution in [3.8, 4) is 11.5 Å². The third kappa shape index (κ3) is 4.55. The van der Waals surface area contributed by atoms with Gasteiger partial charge in [-0.05, 0) is 36.4 Å². The lowest BCUT2D eigenvalue weighted by atomic mass is 10.2. The Hall–Kier alpha value is -2.69. The molecule has 2 aromatic rings. The molecule has 1 amide bonds. The van der Waals surface area contributed by atoms with Crippen molar-refractivity contribution >= 4 is 21.6 Å². The molecule has 0 atom stereocenters. The molecule has 2 heterocycles. The number of hydrogen-bond acceptors (Lipinski definition) is 5. The van der Waals surface area contributed by atoms with Gasteiger partial charge in [0.1, 0.15) is 19.0 Å². The second kappa shape index (κ2) is 8.58. The molecule has 0 spiro atoms. The number of quaternary nitrogens is 1. The molecule has 0 bridgehead atoms. The first kappa shape index (κ1) is 20.6. The third-order valence-corrected chi connectivity index (χ3v) is 7.03. The zero-order chi connectivity index (χ0) is 21.1. The number of carbonyl (C=O) groups excluding carboxylic acids is 1. The van der Waals surface area contributed by atoms with E-state index in [0.29, 0.717) is 56.6 Å². The van der Waals surface area contributed by atoms with Crippen LogP contribution in [0.5, 0.6) is 11.5 Å². The van der Waals surface area contributed by atoms with Crippen molar-refractivity contribution < 1.29 is 32.0 Å². The maximum atomic E-state index is 13.1. The number of nitrogens with zero attached hydrogens (tertiary/aromatic N) is 1. The molecule has 30 heavy (non-hydrogen) atoms. The van der Waals surface area contributed by atoms with E-state index < -0.39 is 15.8 Å². The van der Waals surface area contributed by atoms with Crippen LogP contribution in [-0.4, -0.2) is 64.6 Å². The van der Waals surface area contributed by atoms with Crippen molar-refractivity contribution in [2.75, 3.05) is 51.3 Å². The van der Waals surface area contributed by atoms with E-state index in [1.54, 1.807) is 18.2 Å². The van der Waals surface area contributed by atoms with Gasteiger partial charge in [0.2, 0.25) is 10.0 Å². The summed E-state index contributed by atoms with van der Waals surface area (Å²) in [7, 11) is -3.66. The summed E-state index contributed by atoms with van der Waals surface area (Å²) in [6.07, 6.45) is 0. The molecule has 0 aliphatic carbocycles. The van der Waals surface area contributed by atoms with E-state index in [9.17, 15) is 17.6 Å². The van der Waals surface area contributed by atoms with Gasteiger partial charge in [0.15, 0.2) is 18.0 Å². The van der Waals surface area contributed by atoms with Crippen molar-refractivity contribution in [3.63, 3.8) is 0 Å². The van der Waals surface area contributed by atoms with Gasteiger partial charge in [-0.15, -0.1) is 0 Å². The summed E-state index contributed by atoms with van der Waals surface area (Å²) < 4.78 is 50.8. The van der Waals surface area contributed by atoms with Crippen LogP contribution in [0.1, 0.15) is 0 Å². The monoisotopic (exact) mass is 436 g/mol. The Labute approximate surface area is 174 Å². The SMILES string of the molecule is O=C(C[NH+]1CCN(S(=O)(=O)c2ccc(F)cc2)CC1)Nc1ccc2c(c1)OCCO2. The number of amides is 1. The molecule has 2 aromatic carbocycles. The van der Waals surface area contributed by atoms with Gasteiger partial charge in [-0.3, -0.25) is 4.79 Å². The molecule has 2 aliphatic rings. The van der Waals surface area contributed by atoms with Crippen LogP contribution in [0.25, 0.3) is 0 Å². The van der Waals surface area contributed by atoms with Crippen LogP contribution >= 0.6 is 0 Å². The minimum atomic E-state index is -3.66. The zero-order valence-corrected chi connectivity index (χ0v) is 17.1. The smallest absolute Gasteiger partial charge is 0.279 e. The molecule has 2 aliphatic heterocycles. The predicted octanol–water partition coefficient (Wildman–Crippen LogP) is 0.125. The number of rotatable bonds is 5. The maximum Gasteiger partial charge on any atom is 0.279 e. The molecule has 2 N–H and O–H groups in total. The number of piperazine rings is 1. The number of sulfonamides is 1. The second-order valence-corrected chi connectivity index (χ2v) is 9.13. The van der Waals surface area contributed by atoms with E-state index in [-0.39, 0.29) is 17.3 Å². The summed E-state index contributed by atoms with van der Waals surface area (Å²) >= 11 is 0. The van der Waals surface area contributed by atoms with E-state index in [1.165, 1.54) is 16.4 Å². The van der Waals surface area contributed by atoms with Crippen molar-refractivity contribution in [1.82, 2.24) is 4.31 Å². The van der Waals surface area contributed by atoms with Crippen molar-refractivity contribution in [2.45, 2.75) is 4.90 Å². The van der Waals surface area contributed by atoms with Gasteiger partial charge in [0.25, 0.3) is 5.91 Å². The van der Waals surface area contributed by atoms with Crippen molar-refractivity contribution in [2.24, 2.45) is 0 Å². The van der Waals surface area contributed by atoms with E-state index in [1.807, 2.05) is 0 Å². The number of nitrogens with one attached hydrogen (secondary N) is 2. The van der Waals surface area contributed by atoms with Crippen LogP contribution in [0.4, 0.5) is 10.1 Å². The van der Waals surface area contributed by atoms with Gasteiger partial charge in [-0.25, -0.2) is 12.8 Å². The Morgan fingerprint density at radius 1 is 1.03 bits per heavy atom. The quantitative estimate of drug-likeness (QED) is 0.695. The molecule has 4 rings (SSSR count). The highest BCUT2D eigenvalue weighted by atomic mass is 32.2. The average molecular weight is 436 g/mol. The van der Waals surface area contributed by atoms with Gasteiger partial charge in [-0.1, -0.05) is 0 Å². The lowest BCUT2D eigenvalue weighted by Gasteiger charge is -2.31. The summed E-state index contributed by atoms with van der Waals surface area (Å²) in [5.41, 5.74) is 0.626. The molecule has 10 heteroatoms. The Morgan fingerprint density at radius 2 is 1.70 bits per heavy atom. The highest BCUT2D eigenvalue weighted by Crippen LogP contribution is 2.32. The summed E-state index contributed by atoms with van der Waals surface area (Å²) in [6.45, 7) is 2.83. The molecule has 1 saturated heterocycles. The number of ether oxygens (including phenoxy) is 2. The van der Waals surface area contributed by atoms with E-state index in [0.717, 1.165) is 17.0 Å². The van der Waals surface area contributed by atoms with Gasteiger partial charge in [-0.2, -0.15) is 4.31 Å². The van der Waals surface area contributed by atoms with Gasteiger partial charge in [0.05, 0.1) is 31.1 Å². The highest BCUT2D eigenvalue weighted by Gasteiger charge is 2.31. The Morgan fingerprint density at radius 3 is 2.40 bits per heavy atom. The summed E-state index contributed by atoms with van der Waals surface area (Å²) in [6, 6.07) is 10.1. The molecule has 0 unspecified atom stereocenters. The molecule has 0 saturated carbocycles. The number of halogens is 1. The first-order chi connectivity index (χ1) is 14.4. The first-order valence-corrected chi connectivity index (χ1v) is 11.1. The number of benzene rings is 2. The van der Waals surface area contributed by atoms with Gasteiger partial charge >= 0.3 is 0 Å². The predicted molar refractivity (Wildman–Crippen MR) is 107 cm³/mol. The van der Waals surface area contributed by atoms with E-state index >= 15 is 0 Å². The molecular weight excluding hydrogens is 413 g/mol. The van der Waals surface area contributed by atoms with Gasteiger partial charge in [0, 0.05) is 11.8 Å². The Balaban J connectivity index is 1.30. The normalized spacial score (nSPS) is 17.5. The largest absolute Gasteiger partial charge is 0.486 e. The summed E-state index contributed by atoms with van der Waals surface area (Å²) in [5, 5.41) is 2.85. The molecule has 0 aromatic heterocycles. The molecule has 160 valence electrons. The lowest BCUT2D eigenvalue weighted by molar-refractivity contribution is -0.895. The van der Waals surface area contributed by atoms with Crippen LogP contribution in [0.15, 0.2) is 47.4 Å². The number of anilines is 1. The topological polar surface area (TPSA) is 89.4 Å². The maximum absolute atomic E-state index is 13.1. The fraction of sp³-hybridized carbons (Fsp3) is 0.350. The van der Waals surface area contributed by atoms with Crippen LogP contribution < -0.4 is 19.7 Å². The van der Waals surface area contributed by atoms with Crippen LogP contribution in [0.2, 0.25) is 0 Å². The standard InChI is InChI=1S/C20H22FN3O5S/c21-15-1-4-17(5-2-15)30(26,27)24-9-7-23(8-10-24)14-20(25)22-16-3-6-18-19(13-16)29-12-11-28-18/h1-6,13H,7-12,14H2,(H,22,25)/p+1. The van der Waals surface area contributed by atoms with Crippen LogP contribution in [-0.2, 0) is 14.8 Å². The van der Waals surface area contributed by atoms with Crippen LogP contribution in [0, 0.1) is 5.82 Å². The molecular formula is C20H23FN3O5S+. The fourth-order valence-electron chi connectivity index (χ4n) is 3.53. The minimum Gasteiger partial charge on any atom is -0.486 e. The number of carbonyl (C=O) groups is 1. The minimum absolute atomic E-state index is 0.0729. The first-order valence-electron chi connectivity index (χ1n) is 9.70. The average Bonchev–Trinajstić information content (AvgIpc) is 2.74. The Kier molecular flexibility index (Phi) is 5.89. The Bertz CT molecular complexity index is 1020. The highest BCUT2D eigenvalue weighted by molar-refractivity contribution is 7.89. The van der Waals surface area contributed by atoms with E-state index in [2.05, 4.69) is 5.32 Å². The molecule has 8 nitrogen and oxygen atoms in total. The van der Waals surface area contributed by atoms with Crippen LogP contribution in [0.3, 0.4) is 0 Å². The third-order valence-electron chi connectivity index (χ3n) is 5.12.